The minimum atomic E-state index is 0.620. The Bertz CT molecular complexity index is 413. The van der Waals surface area contributed by atoms with Crippen molar-refractivity contribution < 1.29 is 0 Å². The van der Waals surface area contributed by atoms with Crippen molar-refractivity contribution in [3.8, 4) is 0 Å². The molecule has 2 N–H and O–H groups in total. The highest BCUT2D eigenvalue weighted by atomic mass is 32.2. The third-order valence-corrected chi connectivity index (χ3v) is 5.33. The first-order chi connectivity index (χ1) is 8.25. The molecule has 3 heteroatoms. The summed E-state index contributed by atoms with van der Waals surface area (Å²) in [5.41, 5.74) is 9.74. The van der Waals surface area contributed by atoms with Crippen molar-refractivity contribution >= 4 is 17.4 Å². The van der Waals surface area contributed by atoms with Crippen molar-refractivity contribution in [1.82, 2.24) is 4.90 Å². The van der Waals surface area contributed by atoms with Gasteiger partial charge in [0.05, 0.1) is 0 Å². The number of nitrogens with zero attached hydrogens (tertiary/aromatic N) is 1. The monoisotopic (exact) mass is 248 g/mol. The van der Waals surface area contributed by atoms with Gasteiger partial charge in [0, 0.05) is 23.5 Å². The molecular weight excluding hydrogens is 228 g/mol. The Balaban J connectivity index is 1.82. The van der Waals surface area contributed by atoms with E-state index in [0.29, 0.717) is 6.04 Å². The lowest BCUT2D eigenvalue weighted by Crippen LogP contribution is -2.34. The number of nitrogen functional groups attached to an aromatic ring is 1. The topological polar surface area (TPSA) is 29.3 Å². The molecule has 2 atom stereocenters. The summed E-state index contributed by atoms with van der Waals surface area (Å²) in [6.07, 6.45) is 3.80. The maximum atomic E-state index is 5.86. The average Bonchev–Trinajstić information content (AvgIpc) is 2.96. The van der Waals surface area contributed by atoms with E-state index in [2.05, 4.69) is 35.8 Å². The van der Waals surface area contributed by atoms with Gasteiger partial charge in [-0.3, -0.25) is 4.90 Å². The van der Waals surface area contributed by atoms with E-state index in [4.69, 9.17) is 5.73 Å². The van der Waals surface area contributed by atoms with E-state index in [9.17, 15) is 0 Å². The van der Waals surface area contributed by atoms with E-state index in [1.54, 1.807) is 0 Å². The minimum Gasteiger partial charge on any atom is -0.399 e. The number of benzene rings is 1. The lowest BCUT2D eigenvalue weighted by Gasteiger charge is -2.30. The summed E-state index contributed by atoms with van der Waals surface area (Å²) in [6.45, 7) is 0. The number of rotatable bonds is 2. The molecule has 92 valence electrons. The van der Waals surface area contributed by atoms with Crippen LogP contribution in [-0.2, 0) is 6.42 Å². The molecule has 0 aromatic heterocycles. The van der Waals surface area contributed by atoms with Crippen LogP contribution in [0.3, 0.4) is 0 Å². The normalized spacial score (nSPS) is 27.6. The molecule has 0 saturated carbocycles. The quantitative estimate of drug-likeness (QED) is 0.816. The Morgan fingerprint density at radius 1 is 1.35 bits per heavy atom. The zero-order valence-corrected chi connectivity index (χ0v) is 11.2. The molecule has 1 saturated heterocycles. The summed E-state index contributed by atoms with van der Waals surface area (Å²) in [4.78, 5) is 2.60. The van der Waals surface area contributed by atoms with Crippen LogP contribution in [0.2, 0.25) is 0 Å². The van der Waals surface area contributed by atoms with Crippen LogP contribution in [0, 0.1) is 0 Å². The first-order valence-corrected chi connectivity index (χ1v) is 7.59. The van der Waals surface area contributed by atoms with Gasteiger partial charge in [-0.2, -0.15) is 11.8 Å². The van der Waals surface area contributed by atoms with Crippen molar-refractivity contribution in [2.75, 3.05) is 24.3 Å². The second kappa shape index (κ2) is 4.54. The molecule has 1 heterocycles. The van der Waals surface area contributed by atoms with E-state index in [0.717, 1.165) is 11.7 Å². The van der Waals surface area contributed by atoms with Crippen LogP contribution >= 0.6 is 11.8 Å². The largest absolute Gasteiger partial charge is 0.399 e. The van der Waals surface area contributed by atoms with Gasteiger partial charge in [0.2, 0.25) is 0 Å². The maximum Gasteiger partial charge on any atom is 0.0354 e. The smallest absolute Gasteiger partial charge is 0.0354 e. The summed E-state index contributed by atoms with van der Waals surface area (Å²) in [5.74, 6) is 2.63. The van der Waals surface area contributed by atoms with Gasteiger partial charge in [-0.15, -0.1) is 0 Å². The molecule has 3 rings (SSSR count). The number of hydrogen-bond acceptors (Lipinski definition) is 3. The van der Waals surface area contributed by atoms with Gasteiger partial charge in [0.25, 0.3) is 0 Å². The van der Waals surface area contributed by atoms with Gasteiger partial charge in [0.1, 0.15) is 0 Å². The number of nitrogens with two attached hydrogens (primary N) is 1. The van der Waals surface area contributed by atoms with Gasteiger partial charge < -0.3 is 5.73 Å². The molecule has 1 aliphatic heterocycles. The van der Waals surface area contributed by atoms with Crippen LogP contribution < -0.4 is 5.73 Å². The first kappa shape index (κ1) is 11.4. The van der Waals surface area contributed by atoms with Gasteiger partial charge >= 0.3 is 0 Å². The van der Waals surface area contributed by atoms with Crippen molar-refractivity contribution in [3.05, 3.63) is 29.3 Å². The summed E-state index contributed by atoms with van der Waals surface area (Å²) in [5, 5.41) is 0. The van der Waals surface area contributed by atoms with Gasteiger partial charge in [-0.25, -0.2) is 0 Å². The molecule has 1 fully saturated rings. The molecule has 0 amide bonds. The fourth-order valence-electron chi connectivity index (χ4n) is 3.14. The number of aryl methyl sites for hydroxylation is 1. The molecule has 1 aliphatic carbocycles. The first-order valence-electron chi connectivity index (χ1n) is 6.43. The fraction of sp³-hybridized carbons (Fsp3) is 0.571. The third-order valence-electron chi connectivity index (χ3n) is 4.19. The second-order valence-electron chi connectivity index (χ2n) is 5.20. The van der Waals surface area contributed by atoms with Gasteiger partial charge in [0.15, 0.2) is 0 Å². The number of anilines is 1. The maximum absolute atomic E-state index is 5.86. The molecule has 2 nitrogen and oxygen atoms in total. The van der Waals surface area contributed by atoms with Crippen LogP contribution in [-0.4, -0.2) is 29.5 Å². The number of hydrogen-bond donors (Lipinski definition) is 1. The Kier molecular flexibility index (Phi) is 3.05. The molecule has 0 bridgehead atoms. The second-order valence-corrected chi connectivity index (χ2v) is 6.35. The van der Waals surface area contributed by atoms with Crippen LogP contribution in [0.15, 0.2) is 18.2 Å². The summed E-state index contributed by atoms with van der Waals surface area (Å²) in [7, 11) is 2.30. The summed E-state index contributed by atoms with van der Waals surface area (Å²) in [6, 6.07) is 7.84. The number of fused-ring (bicyclic) bond motifs is 1. The highest BCUT2D eigenvalue weighted by Crippen LogP contribution is 2.38. The van der Waals surface area contributed by atoms with Gasteiger partial charge in [-0.1, -0.05) is 6.07 Å². The minimum absolute atomic E-state index is 0.620. The third kappa shape index (κ3) is 2.06. The van der Waals surface area contributed by atoms with E-state index in [1.165, 1.54) is 41.9 Å². The van der Waals surface area contributed by atoms with Crippen LogP contribution in [0.1, 0.15) is 30.0 Å². The zero-order valence-electron chi connectivity index (χ0n) is 10.4. The Morgan fingerprint density at radius 2 is 2.24 bits per heavy atom. The Labute approximate surface area is 108 Å². The molecule has 0 spiro atoms. The standard InChI is InChI=1S/C14H20N2S/c1-16(12-6-7-17-9-12)14-5-2-10-8-11(15)3-4-13(10)14/h3-4,8,12,14H,2,5-7,9,15H2,1H3. The Morgan fingerprint density at radius 3 is 3.00 bits per heavy atom. The zero-order chi connectivity index (χ0) is 11.8. The SMILES string of the molecule is CN(C1CCSC1)C1CCc2cc(N)ccc21. The predicted molar refractivity (Wildman–Crippen MR) is 75.4 cm³/mol. The van der Waals surface area contributed by atoms with Crippen molar-refractivity contribution in [2.24, 2.45) is 0 Å². The molecule has 2 aliphatic rings. The van der Waals surface area contributed by atoms with Gasteiger partial charge in [-0.05, 0) is 55.3 Å². The van der Waals surface area contributed by atoms with Crippen LogP contribution in [0.25, 0.3) is 0 Å². The Hall–Kier alpha value is -0.670. The molecule has 0 radical (unpaired) electrons. The molecular formula is C14H20N2S. The predicted octanol–water partition coefficient (Wildman–Crippen LogP) is 2.69. The van der Waals surface area contributed by atoms with Crippen LogP contribution in [0.4, 0.5) is 5.69 Å². The van der Waals surface area contributed by atoms with E-state index < -0.39 is 0 Å². The molecule has 1 aromatic rings. The lowest BCUT2D eigenvalue weighted by atomic mass is 10.0. The molecule has 2 unspecified atom stereocenters. The number of thioether (sulfide) groups is 1. The lowest BCUT2D eigenvalue weighted by molar-refractivity contribution is 0.188. The van der Waals surface area contributed by atoms with Crippen molar-refractivity contribution in [3.63, 3.8) is 0 Å². The highest BCUT2D eigenvalue weighted by molar-refractivity contribution is 7.99. The molecule has 1 aromatic carbocycles. The summed E-state index contributed by atoms with van der Waals surface area (Å²) >= 11 is 2.09. The highest BCUT2D eigenvalue weighted by Gasteiger charge is 2.31. The van der Waals surface area contributed by atoms with E-state index in [1.807, 2.05) is 6.07 Å². The van der Waals surface area contributed by atoms with E-state index in [-0.39, 0.29) is 0 Å². The fourth-order valence-corrected chi connectivity index (χ4v) is 4.42. The van der Waals surface area contributed by atoms with Crippen LogP contribution in [0.5, 0.6) is 0 Å². The van der Waals surface area contributed by atoms with Crippen molar-refractivity contribution in [2.45, 2.75) is 31.3 Å². The average molecular weight is 248 g/mol. The van der Waals surface area contributed by atoms with E-state index >= 15 is 0 Å². The summed E-state index contributed by atoms with van der Waals surface area (Å²) < 4.78 is 0. The molecule has 17 heavy (non-hydrogen) atoms. The van der Waals surface area contributed by atoms with Crippen molar-refractivity contribution in [1.29, 1.82) is 0 Å².